The summed E-state index contributed by atoms with van der Waals surface area (Å²) >= 11 is 1.38. The molecule has 2 heterocycles. The number of rotatable bonds is 3. The summed E-state index contributed by atoms with van der Waals surface area (Å²) in [7, 11) is 0. The van der Waals surface area contributed by atoms with E-state index in [0.717, 1.165) is 0 Å². The van der Waals surface area contributed by atoms with Crippen LogP contribution in [0.1, 0.15) is 10.5 Å². The zero-order chi connectivity index (χ0) is 10.7. The first-order chi connectivity index (χ1) is 7.29. The van der Waals surface area contributed by atoms with E-state index in [-0.39, 0.29) is 17.6 Å². The molecule has 15 heavy (non-hydrogen) atoms. The second-order valence-corrected chi connectivity index (χ2v) is 3.81. The third-order valence-electron chi connectivity index (χ3n) is 1.93. The fourth-order valence-corrected chi connectivity index (χ4v) is 1.32. The zero-order valence-electron chi connectivity index (χ0n) is 8.14. The molecule has 1 aromatic rings. The van der Waals surface area contributed by atoms with Crippen molar-refractivity contribution in [2.24, 2.45) is 0 Å². The molecule has 1 amide bonds. The third-order valence-corrected chi connectivity index (χ3v) is 2.48. The fraction of sp³-hybridized carbons (Fsp3) is 0.500. The number of ether oxygens (including phenoxy) is 1. The lowest BCUT2D eigenvalue weighted by atomic mass is 10.2. The van der Waals surface area contributed by atoms with E-state index >= 15 is 0 Å². The van der Waals surface area contributed by atoms with E-state index in [1.165, 1.54) is 18.0 Å². The Hall–Kier alpha value is -1.21. The van der Waals surface area contributed by atoms with Crippen LogP contribution >= 0.6 is 11.8 Å². The molecule has 7 heteroatoms. The van der Waals surface area contributed by atoms with E-state index in [1.807, 2.05) is 6.26 Å². The van der Waals surface area contributed by atoms with E-state index < -0.39 is 0 Å². The van der Waals surface area contributed by atoms with Crippen LogP contribution in [0.2, 0.25) is 0 Å². The summed E-state index contributed by atoms with van der Waals surface area (Å²) in [6.45, 7) is 1.13. The van der Waals surface area contributed by atoms with E-state index in [2.05, 4.69) is 20.5 Å². The second kappa shape index (κ2) is 4.54. The number of amides is 1. The van der Waals surface area contributed by atoms with Gasteiger partial charge in [-0.15, -0.1) is 10.2 Å². The highest BCUT2D eigenvalue weighted by Gasteiger charge is 2.21. The summed E-state index contributed by atoms with van der Waals surface area (Å²) < 4.78 is 4.94. The Labute approximate surface area is 90.8 Å². The Morgan fingerprint density at radius 1 is 1.60 bits per heavy atom. The Bertz CT molecular complexity index is 352. The van der Waals surface area contributed by atoms with Crippen LogP contribution in [0.25, 0.3) is 0 Å². The van der Waals surface area contributed by atoms with Crippen LogP contribution in [0.15, 0.2) is 11.4 Å². The molecule has 6 nitrogen and oxygen atoms in total. The van der Waals surface area contributed by atoms with Crippen molar-refractivity contribution in [1.29, 1.82) is 0 Å². The number of carbonyl (C=O) groups is 1. The molecule has 1 aliphatic heterocycles. The van der Waals surface area contributed by atoms with Gasteiger partial charge in [0.05, 0.1) is 25.5 Å². The zero-order valence-corrected chi connectivity index (χ0v) is 8.95. The van der Waals surface area contributed by atoms with Crippen LogP contribution in [-0.2, 0) is 4.74 Å². The van der Waals surface area contributed by atoms with E-state index in [9.17, 15) is 4.79 Å². The lowest BCUT2D eigenvalue weighted by molar-refractivity contribution is -0.00358. The Balaban J connectivity index is 1.98. The lowest BCUT2D eigenvalue weighted by Gasteiger charge is -2.26. The molecule has 1 N–H and O–H groups in total. The normalized spacial score (nSPS) is 15.8. The maximum Gasteiger partial charge on any atom is 0.273 e. The van der Waals surface area contributed by atoms with Gasteiger partial charge in [0.25, 0.3) is 5.91 Å². The van der Waals surface area contributed by atoms with Gasteiger partial charge in [-0.2, -0.15) is 0 Å². The molecule has 0 aliphatic carbocycles. The SMILES string of the molecule is CSc1ncc(C(=O)NC2COC2)nn1. The standard InChI is InChI=1S/C8H10N4O2S/c1-15-8-9-2-6(11-12-8)7(13)10-5-3-14-4-5/h2,5H,3-4H2,1H3,(H,10,13). The lowest BCUT2D eigenvalue weighted by Crippen LogP contribution is -2.48. The molecule has 2 rings (SSSR count). The number of hydrogen-bond donors (Lipinski definition) is 1. The van der Waals surface area contributed by atoms with Gasteiger partial charge in [-0.1, -0.05) is 11.8 Å². The van der Waals surface area contributed by atoms with Gasteiger partial charge in [0.2, 0.25) is 5.16 Å². The summed E-state index contributed by atoms with van der Waals surface area (Å²) in [5, 5.41) is 10.9. The monoisotopic (exact) mass is 226 g/mol. The van der Waals surface area contributed by atoms with Gasteiger partial charge in [-0.3, -0.25) is 4.79 Å². The first-order valence-electron chi connectivity index (χ1n) is 4.42. The van der Waals surface area contributed by atoms with Gasteiger partial charge in [-0.05, 0) is 6.26 Å². The van der Waals surface area contributed by atoms with Crippen molar-refractivity contribution >= 4 is 17.7 Å². The van der Waals surface area contributed by atoms with Crippen molar-refractivity contribution < 1.29 is 9.53 Å². The Morgan fingerprint density at radius 2 is 2.40 bits per heavy atom. The maximum absolute atomic E-state index is 11.5. The molecule has 80 valence electrons. The predicted octanol–water partition coefficient (Wildman–Crippen LogP) is -0.278. The molecule has 0 spiro atoms. The quantitative estimate of drug-likeness (QED) is 0.714. The van der Waals surface area contributed by atoms with Gasteiger partial charge >= 0.3 is 0 Å². The topological polar surface area (TPSA) is 77.0 Å². The molecular formula is C8H10N4O2S. The minimum Gasteiger partial charge on any atom is -0.377 e. The average molecular weight is 226 g/mol. The minimum atomic E-state index is -0.254. The molecule has 0 bridgehead atoms. The maximum atomic E-state index is 11.5. The van der Waals surface area contributed by atoms with Crippen LogP contribution in [0, 0.1) is 0 Å². The molecule has 0 atom stereocenters. The second-order valence-electron chi connectivity index (χ2n) is 3.04. The number of nitrogens with zero attached hydrogens (tertiary/aromatic N) is 3. The molecule has 1 aliphatic rings. The van der Waals surface area contributed by atoms with Crippen LogP contribution < -0.4 is 5.32 Å². The van der Waals surface area contributed by atoms with E-state index in [1.54, 1.807) is 0 Å². The van der Waals surface area contributed by atoms with Crippen molar-refractivity contribution in [3.8, 4) is 0 Å². The van der Waals surface area contributed by atoms with Gasteiger partial charge in [0, 0.05) is 0 Å². The van der Waals surface area contributed by atoms with E-state index in [0.29, 0.717) is 18.4 Å². The summed E-state index contributed by atoms with van der Waals surface area (Å²) in [6.07, 6.45) is 3.27. The van der Waals surface area contributed by atoms with Gasteiger partial charge in [0.15, 0.2) is 5.69 Å². The molecule has 1 fully saturated rings. The number of thioether (sulfide) groups is 1. The minimum absolute atomic E-state index is 0.0968. The first-order valence-corrected chi connectivity index (χ1v) is 5.64. The van der Waals surface area contributed by atoms with Crippen molar-refractivity contribution in [3.63, 3.8) is 0 Å². The largest absolute Gasteiger partial charge is 0.377 e. The van der Waals surface area contributed by atoms with Crippen LogP contribution in [-0.4, -0.2) is 46.6 Å². The average Bonchev–Trinajstić information content (AvgIpc) is 2.23. The molecular weight excluding hydrogens is 216 g/mol. The van der Waals surface area contributed by atoms with Gasteiger partial charge in [-0.25, -0.2) is 4.98 Å². The van der Waals surface area contributed by atoms with Crippen molar-refractivity contribution in [2.75, 3.05) is 19.5 Å². The van der Waals surface area contributed by atoms with Gasteiger partial charge in [0.1, 0.15) is 0 Å². The number of hydrogen-bond acceptors (Lipinski definition) is 6. The molecule has 0 radical (unpaired) electrons. The number of carbonyl (C=O) groups excluding carboxylic acids is 1. The van der Waals surface area contributed by atoms with Crippen molar-refractivity contribution in [2.45, 2.75) is 11.2 Å². The number of aromatic nitrogens is 3. The van der Waals surface area contributed by atoms with Crippen LogP contribution in [0.3, 0.4) is 0 Å². The van der Waals surface area contributed by atoms with Gasteiger partial charge < -0.3 is 10.1 Å². The summed E-state index contributed by atoms with van der Waals surface area (Å²) in [6, 6.07) is 0.0968. The highest BCUT2D eigenvalue weighted by Crippen LogP contribution is 2.05. The molecule has 0 aromatic carbocycles. The molecule has 0 unspecified atom stereocenters. The highest BCUT2D eigenvalue weighted by atomic mass is 32.2. The fourth-order valence-electron chi connectivity index (χ4n) is 1.04. The van der Waals surface area contributed by atoms with Crippen LogP contribution in [0.5, 0.6) is 0 Å². The van der Waals surface area contributed by atoms with Crippen molar-refractivity contribution in [3.05, 3.63) is 11.9 Å². The predicted molar refractivity (Wildman–Crippen MR) is 53.7 cm³/mol. The summed E-state index contributed by atoms with van der Waals surface area (Å²) in [5.41, 5.74) is 0.236. The Morgan fingerprint density at radius 3 is 2.87 bits per heavy atom. The summed E-state index contributed by atoms with van der Waals surface area (Å²) in [4.78, 5) is 15.5. The summed E-state index contributed by atoms with van der Waals surface area (Å²) in [5.74, 6) is -0.254. The first kappa shape index (κ1) is 10.3. The third kappa shape index (κ3) is 2.42. The molecule has 1 saturated heterocycles. The molecule has 1 aromatic heterocycles. The Kier molecular flexibility index (Phi) is 3.12. The van der Waals surface area contributed by atoms with Crippen LogP contribution in [0.4, 0.5) is 0 Å². The van der Waals surface area contributed by atoms with Crippen molar-refractivity contribution in [1.82, 2.24) is 20.5 Å². The smallest absolute Gasteiger partial charge is 0.273 e. The van der Waals surface area contributed by atoms with E-state index in [4.69, 9.17) is 4.74 Å². The molecule has 0 saturated carbocycles. The number of nitrogens with one attached hydrogen (secondary N) is 1. The highest BCUT2D eigenvalue weighted by molar-refractivity contribution is 7.98.